The molecule has 0 aromatic heterocycles. The minimum atomic E-state index is -0.175. The number of benzene rings is 1. The van der Waals surface area contributed by atoms with Crippen LogP contribution in [0.5, 0.6) is 0 Å². The van der Waals surface area contributed by atoms with Crippen LogP contribution in [0.1, 0.15) is 25.8 Å². The molecule has 1 rings (SSSR count). The Labute approximate surface area is 131 Å². The summed E-state index contributed by atoms with van der Waals surface area (Å²) in [4.78, 5) is 12.0. The number of amides is 2. The van der Waals surface area contributed by atoms with Gasteiger partial charge in [0.15, 0.2) is 0 Å². The standard InChI is InChI=1S/C16H26N2O2S/c1-16(2,13-7-5-4-6-8-13)12-17-15(20)18-14(9-10-19)11-21-3/h4-8,14,19H,9-12H2,1-3H3,(H2,17,18,20). The number of carbonyl (C=O) groups is 1. The van der Waals surface area contributed by atoms with Gasteiger partial charge in [-0.05, 0) is 18.2 Å². The maximum atomic E-state index is 12.0. The molecule has 118 valence electrons. The number of rotatable bonds is 8. The average Bonchev–Trinajstić information content (AvgIpc) is 2.47. The van der Waals surface area contributed by atoms with Crippen molar-refractivity contribution in [3.63, 3.8) is 0 Å². The van der Waals surface area contributed by atoms with E-state index in [2.05, 4.69) is 36.6 Å². The van der Waals surface area contributed by atoms with E-state index in [-0.39, 0.29) is 24.1 Å². The Morgan fingerprint density at radius 3 is 2.57 bits per heavy atom. The zero-order chi connectivity index (χ0) is 15.7. The molecule has 4 nitrogen and oxygen atoms in total. The summed E-state index contributed by atoms with van der Waals surface area (Å²) in [7, 11) is 0. The number of carbonyl (C=O) groups excluding carboxylic acids is 1. The summed E-state index contributed by atoms with van der Waals surface area (Å²) in [6, 6.07) is 9.97. The number of hydrogen-bond donors (Lipinski definition) is 3. The second-order valence-corrected chi connectivity index (χ2v) is 6.65. The van der Waals surface area contributed by atoms with E-state index in [1.165, 1.54) is 5.56 Å². The topological polar surface area (TPSA) is 61.4 Å². The van der Waals surface area contributed by atoms with Crippen LogP contribution in [0.2, 0.25) is 0 Å². The van der Waals surface area contributed by atoms with Gasteiger partial charge in [-0.2, -0.15) is 11.8 Å². The molecule has 0 heterocycles. The van der Waals surface area contributed by atoms with E-state index >= 15 is 0 Å². The maximum Gasteiger partial charge on any atom is 0.315 e. The van der Waals surface area contributed by atoms with Crippen molar-refractivity contribution in [1.29, 1.82) is 0 Å². The van der Waals surface area contributed by atoms with Gasteiger partial charge in [-0.1, -0.05) is 44.2 Å². The summed E-state index contributed by atoms with van der Waals surface area (Å²) in [5.74, 6) is 0.802. The van der Waals surface area contributed by atoms with Crippen molar-refractivity contribution in [3.8, 4) is 0 Å². The molecule has 0 aliphatic heterocycles. The lowest BCUT2D eigenvalue weighted by atomic mass is 9.85. The first-order valence-electron chi connectivity index (χ1n) is 7.19. The summed E-state index contributed by atoms with van der Waals surface area (Å²) in [5, 5.41) is 14.8. The van der Waals surface area contributed by atoms with Gasteiger partial charge in [-0.15, -0.1) is 0 Å². The lowest BCUT2D eigenvalue weighted by Crippen LogP contribution is -2.47. The minimum absolute atomic E-state index is 0.00448. The minimum Gasteiger partial charge on any atom is -0.396 e. The third kappa shape index (κ3) is 6.40. The Kier molecular flexibility index (Phi) is 7.61. The van der Waals surface area contributed by atoms with Gasteiger partial charge < -0.3 is 15.7 Å². The molecular formula is C16H26N2O2S. The average molecular weight is 310 g/mol. The molecule has 1 aromatic carbocycles. The largest absolute Gasteiger partial charge is 0.396 e. The predicted molar refractivity (Wildman–Crippen MR) is 89.9 cm³/mol. The van der Waals surface area contributed by atoms with Gasteiger partial charge in [0, 0.05) is 30.4 Å². The first-order valence-corrected chi connectivity index (χ1v) is 8.58. The van der Waals surface area contributed by atoms with Gasteiger partial charge >= 0.3 is 6.03 Å². The number of urea groups is 1. The van der Waals surface area contributed by atoms with Crippen LogP contribution in [0, 0.1) is 0 Å². The van der Waals surface area contributed by atoms with Gasteiger partial charge in [0.1, 0.15) is 0 Å². The van der Waals surface area contributed by atoms with Crippen molar-refractivity contribution in [2.24, 2.45) is 0 Å². The Morgan fingerprint density at radius 2 is 2.00 bits per heavy atom. The van der Waals surface area contributed by atoms with Gasteiger partial charge in [-0.25, -0.2) is 4.79 Å². The molecule has 0 aliphatic rings. The fourth-order valence-electron chi connectivity index (χ4n) is 2.08. The molecule has 0 radical (unpaired) electrons. The van der Waals surface area contributed by atoms with E-state index in [9.17, 15) is 4.79 Å². The monoisotopic (exact) mass is 310 g/mol. The quantitative estimate of drug-likeness (QED) is 0.691. The van der Waals surface area contributed by atoms with Crippen LogP contribution in [0.15, 0.2) is 30.3 Å². The van der Waals surface area contributed by atoms with E-state index in [1.807, 2.05) is 24.5 Å². The van der Waals surface area contributed by atoms with E-state index in [0.29, 0.717) is 13.0 Å². The van der Waals surface area contributed by atoms with Crippen LogP contribution in [0.25, 0.3) is 0 Å². The molecule has 21 heavy (non-hydrogen) atoms. The second-order valence-electron chi connectivity index (χ2n) is 5.74. The summed E-state index contributed by atoms with van der Waals surface area (Å²) >= 11 is 1.66. The molecule has 2 amide bonds. The first kappa shape index (κ1) is 17.9. The molecule has 0 saturated carbocycles. The number of thioether (sulfide) groups is 1. The molecule has 0 fully saturated rings. The second kappa shape index (κ2) is 8.95. The normalized spacial score (nSPS) is 12.8. The molecule has 0 spiro atoms. The molecule has 3 N–H and O–H groups in total. The highest BCUT2D eigenvalue weighted by Crippen LogP contribution is 2.21. The van der Waals surface area contributed by atoms with Crippen molar-refractivity contribution >= 4 is 17.8 Å². The van der Waals surface area contributed by atoms with Gasteiger partial charge in [0.25, 0.3) is 0 Å². The number of hydrogen-bond acceptors (Lipinski definition) is 3. The molecule has 1 atom stereocenters. The van der Waals surface area contributed by atoms with Crippen molar-refractivity contribution in [1.82, 2.24) is 10.6 Å². The van der Waals surface area contributed by atoms with Crippen molar-refractivity contribution in [2.75, 3.05) is 25.2 Å². The van der Waals surface area contributed by atoms with Crippen LogP contribution in [0.3, 0.4) is 0 Å². The summed E-state index contributed by atoms with van der Waals surface area (Å²) < 4.78 is 0. The Hall–Kier alpha value is -1.20. The van der Waals surface area contributed by atoms with Crippen molar-refractivity contribution in [2.45, 2.75) is 31.7 Å². The summed E-state index contributed by atoms with van der Waals surface area (Å²) in [6.45, 7) is 4.86. The lowest BCUT2D eigenvalue weighted by Gasteiger charge is -2.26. The molecule has 0 bridgehead atoms. The SMILES string of the molecule is CSCC(CCO)NC(=O)NCC(C)(C)c1ccccc1. The number of nitrogens with one attached hydrogen (secondary N) is 2. The third-order valence-electron chi connectivity index (χ3n) is 3.43. The third-order valence-corrected chi connectivity index (χ3v) is 4.16. The zero-order valence-electron chi connectivity index (χ0n) is 13.1. The zero-order valence-corrected chi connectivity index (χ0v) is 13.9. The van der Waals surface area contributed by atoms with Crippen molar-refractivity contribution < 1.29 is 9.90 Å². The molecule has 0 saturated heterocycles. The highest BCUT2D eigenvalue weighted by molar-refractivity contribution is 7.98. The van der Waals surface area contributed by atoms with Crippen LogP contribution < -0.4 is 10.6 Å². The van der Waals surface area contributed by atoms with Gasteiger partial charge in [0.05, 0.1) is 0 Å². The van der Waals surface area contributed by atoms with E-state index in [4.69, 9.17) is 5.11 Å². The van der Waals surface area contributed by atoms with E-state index in [1.54, 1.807) is 11.8 Å². The van der Waals surface area contributed by atoms with Crippen LogP contribution in [-0.4, -0.2) is 42.3 Å². The summed E-state index contributed by atoms with van der Waals surface area (Å²) in [6.07, 6.45) is 2.57. The van der Waals surface area contributed by atoms with Gasteiger partial charge in [-0.3, -0.25) is 0 Å². The predicted octanol–water partition coefficient (Wildman–Crippen LogP) is 2.38. The number of aliphatic hydroxyl groups is 1. The molecule has 5 heteroatoms. The molecule has 1 aromatic rings. The van der Waals surface area contributed by atoms with Crippen LogP contribution >= 0.6 is 11.8 Å². The lowest BCUT2D eigenvalue weighted by molar-refractivity contribution is 0.229. The first-order chi connectivity index (χ1) is 9.99. The van der Waals surface area contributed by atoms with Gasteiger partial charge in [0.2, 0.25) is 0 Å². The Morgan fingerprint density at radius 1 is 1.33 bits per heavy atom. The molecule has 0 aliphatic carbocycles. The Bertz CT molecular complexity index is 418. The highest BCUT2D eigenvalue weighted by atomic mass is 32.2. The fraction of sp³-hybridized carbons (Fsp3) is 0.562. The van der Waals surface area contributed by atoms with E-state index < -0.39 is 0 Å². The molecule has 1 unspecified atom stereocenters. The number of aliphatic hydroxyl groups excluding tert-OH is 1. The van der Waals surface area contributed by atoms with Crippen LogP contribution in [0.4, 0.5) is 4.79 Å². The van der Waals surface area contributed by atoms with Crippen molar-refractivity contribution in [3.05, 3.63) is 35.9 Å². The Balaban J connectivity index is 2.48. The summed E-state index contributed by atoms with van der Waals surface area (Å²) in [5.41, 5.74) is 1.08. The smallest absolute Gasteiger partial charge is 0.315 e. The highest BCUT2D eigenvalue weighted by Gasteiger charge is 2.21. The van der Waals surface area contributed by atoms with E-state index in [0.717, 1.165) is 5.75 Å². The van der Waals surface area contributed by atoms with Crippen LogP contribution in [-0.2, 0) is 5.41 Å². The molecular weight excluding hydrogens is 284 g/mol. The maximum absolute atomic E-state index is 12.0. The fourth-order valence-corrected chi connectivity index (χ4v) is 2.74.